The smallest absolute Gasteiger partial charge is 0.325 e. The molecule has 0 aliphatic carbocycles. The molecule has 148 valence electrons. The van der Waals surface area contributed by atoms with Crippen LogP contribution in [0.15, 0.2) is 12.2 Å². The molecule has 3 unspecified atom stereocenters. The average molecular weight is 367 g/mol. The van der Waals surface area contributed by atoms with Crippen LogP contribution in [0.1, 0.15) is 65.7 Å². The van der Waals surface area contributed by atoms with E-state index >= 15 is 0 Å². The second-order valence-electron chi connectivity index (χ2n) is 6.97. The van der Waals surface area contributed by atoms with E-state index in [2.05, 4.69) is 19.2 Å². The van der Waals surface area contributed by atoms with Crippen LogP contribution in [-0.4, -0.2) is 37.1 Å². The Morgan fingerprint density at radius 3 is 2.73 bits per heavy atom. The van der Waals surface area contributed by atoms with Crippen LogP contribution in [0.3, 0.4) is 0 Å². The molecule has 26 heavy (non-hydrogen) atoms. The summed E-state index contributed by atoms with van der Waals surface area (Å²) in [6.07, 6.45) is 10.3. The summed E-state index contributed by atoms with van der Waals surface area (Å²) in [6.45, 7) is 6.05. The fourth-order valence-electron chi connectivity index (χ4n) is 3.36. The Hall–Kier alpha value is -1.85. The molecule has 1 saturated heterocycles. The van der Waals surface area contributed by atoms with Crippen LogP contribution in [0.2, 0.25) is 0 Å². The van der Waals surface area contributed by atoms with E-state index in [0.29, 0.717) is 19.3 Å². The SMILES string of the molecule is CC=CCCC(C[C@@H]1OC(=O)C1C(C)CCCCC)OC(=O)CNC=O. The van der Waals surface area contributed by atoms with Crippen LogP contribution >= 0.6 is 0 Å². The molecule has 0 aromatic carbocycles. The molecule has 1 aliphatic rings. The number of hydrogen-bond acceptors (Lipinski definition) is 5. The number of carbonyl (C=O) groups excluding carboxylic acids is 3. The monoisotopic (exact) mass is 367 g/mol. The van der Waals surface area contributed by atoms with Crippen LogP contribution in [0.5, 0.6) is 0 Å². The average Bonchev–Trinajstić information content (AvgIpc) is 2.59. The lowest BCUT2D eigenvalue weighted by atomic mass is 9.79. The Morgan fingerprint density at radius 2 is 2.12 bits per heavy atom. The van der Waals surface area contributed by atoms with E-state index in [1.807, 2.05) is 19.1 Å². The summed E-state index contributed by atoms with van der Waals surface area (Å²) in [5, 5.41) is 2.31. The molecule has 1 rings (SSSR count). The molecule has 1 aliphatic heterocycles. The molecule has 0 aromatic rings. The van der Waals surface area contributed by atoms with E-state index in [1.165, 1.54) is 6.42 Å². The van der Waals surface area contributed by atoms with Crippen molar-refractivity contribution in [1.82, 2.24) is 5.32 Å². The predicted octanol–water partition coefficient (Wildman–Crippen LogP) is 3.15. The number of carbonyl (C=O) groups is 3. The van der Waals surface area contributed by atoms with E-state index < -0.39 is 5.97 Å². The summed E-state index contributed by atoms with van der Waals surface area (Å²) in [5.74, 6) is -0.444. The third-order valence-electron chi connectivity index (χ3n) is 4.83. The first kappa shape index (κ1) is 22.2. The van der Waals surface area contributed by atoms with Gasteiger partial charge in [-0.2, -0.15) is 0 Å². The number of cyclic esters (lactones) is 1. The molecule has 0 radical (unpaired) electrons. The van der Waals surface area contributed by atoms with Crippen molar-refractivity contribution in [3.63, 3.8) is 0 Å². The lowest BCUT2D eigenvalue weighted by Gasteiger charge is -2.40. The Bertz CT molecular complexity index is 477. The summed E-state index contributed by atoms with van der Waals surface area (Å²) in [7, 11) is 0. The number of ether oxygens (including phenoxy) is 2. The molecule has 1 heterocycles. The summed E-state index contributed by atoms with van der Waals surface area (Å²) in [5.41, 5.74) is 0. The number of nitrogens with one attached hydrogen (secondary N) is 1. The maximum atomic E-state index is 11.9. The first-order valence-electron chi connectivity index (χ1n) is 9.71. The molecule has 4 atom stereocenters. The standard InChI is InChI=1S/C20H33NO5/c1-4-6-8-10-15(3)19-17(26-20(19)24)12-16(11-9-7-5-2)25-18(23)13-21-14-22/h5,7,14-17,19H,4,6,8-13H2,1-3H3,(H,21,22)/t15?,16?,17-,19?/m0/s1. The minimum absolute atomic E-state index is 0.108. The zero-order chi connectivity index (χ0) is 19.4. The fourth-order valence-corrected chi connectivity index (χ4v) is 3.36. The van der Waals surface area contributed by atoms with Gasteiger partial charge < -0.3 is 14.8 Å². The summed E-state index contributed by atoms with van der Waals surface area (Å²) in [6, 6.07) is 0. The van der Waals surface area contributed by atoms with Crippen molar-refractivity contribution in [2.75, 3.05) is 6.54 Å². The molecule has 0 spiro atoms. The van der Waals surface area contributed by atoms with Crippen LogP contribution < -0.4 is 5.32 Å². The summed E-state index contributed by atoms with van der Waals surface area (Å²) in [4.78, 5) is 34.1. The zero-order valence-corrected chi connectivity index (χ0v) is 16.2. The predicted molar refractivity (Wildman–Crippen MR) is 99.3 cm³/mol. The fraction of sp³-hybridized carbons (Fsp3) is 0.750. The summed E-state index contributed by atoms with van der Waals surface area (Å²) < 4.78 is 10.8. The van der Waals surface area contributed by atoms with Crippen LogP contribution in [0.4, 0.5) is 0 Å². The van der Waals surface area contributed by atoms with Gasteiger partial charge in [-0.05, 0) is 32.1 Å². The lowest BCUT2D eigenvalue weighted by Crippen LogP contribution is -2.50. The molecular formula is C20H33NO5. The van der Waals surface area contributed by atoms with Gasteiger partial charge in [0.1, 0.15) is 18.8 Å². The molecule has 0 saturated carbocycles. The van der Waals surface area contributed by atoms with E-state index in [9.17, 15) is 14.4 Å². The third-order valence-corrected chi connectivity index (χ3v) is 4.83. The van der Waals surface area contributed by atoms with Crippen LogP contribution in [-0.2, 0) is 23.9 Å². The minimum Gasteiger partial charge on any atom is -0.461 e. The van der Waals surface area contributed by atoms with E-state index in [1.54, 1.807) is 0 Å². The van der Waals surface area contributed by atoms with Gasteiger partial charge >= 0.3 is 11.9 Å². The van der Waals surface area contributed by atoms with Crippen molar-refractivity contribution in [3.05, 3.63) is 12.2 Å². The molecule has 1 fully saturated rings. The Kier molecular flexibility index (Phi) is 10.7. The molecule has 6 heteroatoms. The molecule has 6 nitrogen and oxygen atoms in total. The largest absolute Gasteiger partial charge is 0.461 e. The van der Waals surface area contributed by atoms with E-state index in [-0.39, 0.29) is 36.6 Å². The van der Waals surface area contributed by atoms with Gasteiger partial charge in [0.25, 0.3) is 0 Å². The van der Waals surface area contributed by atoms with Gasteiger partial charge in [-0.3, -0.25) is 14.4 Å². The molecule has 0 aromatic heterocycles. The number of esters is 2. The van der Waals surface area contributed by atoms with Crippen molar-refractivity contribution in [3.8, 4) is 0 Å². The Labute approximate surface area is 156 Å². The second kappa shape index (κ2) is 12.5. The van der Waals surface area contributed by atoms with Gasteiger partial charge in [0.05, 0.1) is 5.92 Å². The number of unbranched alkanes of at least 4 members (excludes halogenated alkanes) is 2. The van der Waals surface area contributed by atoms with Crippen molar-refractivity contribution < 1.29 is 23.9 Å². The van der Waals surface area contributed by atoms with Gasteiger partial charge in [-0.25, -0.2) is 0 Å². The molecule has 1 N–H and O–H groups in total. The van der Waals surface area contributed by atoms with E-state index in [0.717, 1.165) is 25.7 Å². The minimum atomic E-state index is -0.472. The first-order valence-corrected chi connectivity index (χ1v) is 9.71. The topological polar surface area (TPSA) is 81.7 Å². The quantitative estimate of drug-likeness (QED) is 0.221. The highest BCUT2D eigenvalue weighted by atomic mass is 16.6. The van der Waals surface area contributed by atoms with Crippen molar-refractivity contribution >= 4 is 18.3 Å². The third kappa shape index (κ3) is 7.58. The van der Waals surface area contributed by atoms with Crippen molar-refractivity contribution in [2.24, 2.45) is 11.8 Å². The lowest BCUT2D eigenvalue weighted by molar-refractivity contribution is -0.195. The van der Waals surface area contributed by atoms with E-state index in [4.69, 9.17) is 9.47 Å². The van der Waals surface area contributed by atoms with Crippen LogP contribution in [0.25, 0.3) is 0 Å². The highest BCUT2D eigenvalue weighted by Crippen LogP contribution is 2.36. The van der Waals surface area contributed by atoms with Gasteiger partial charge in [-0.15, -0.1) is 0 Å². The van der Waals surface area contributed by atoms with Crippen molar-refractivity contribution in [1.29, 1.82) is 0 Å². The van der Waals surface area contributed by atoms with Gasteiger partial charge in [0.15, 0.2) is 0 Å². The number of allylic oxidation sites excluding steroid dienone is 2. The van der Waals surface area contributed by atoms with Gasteiger partial charge in [-0.1, -0.05) is 45.3 Å². The first-order chi connectivity index (χ1) is 12.5. The number of hydrogen-bond donors (Lipinski definition) is 1. The Morgan fingerprint density at radius 1 is 1.35 bits per heavy atom. The molecule has 0 bridgehead atoms. The normalized spacial score (nSPS) is 21.6. The maximum absolute atomic E-state index is 11.9. The molecular weight excluding hydrogens is 334 g/mol. The van der Waals surface area contributed by atoms with Crippen molar-refractivity contribution in [2.45, 2.75) is 77.9 Å². The van der Waals surface area contributed by atoms with Gasteiger partial charge in [0.2, 0.25) is 6.41 Å². The van der Waals surface area contributed by atoms with Gasteiger partial charge in [0, 0.05) is 6.42 Å². The molecule has 1 amide bonds. The highest BCUT2D eigenvalue weighted by molar-refractivity contribution is 5.79. The highest BCUT2D eigenvalue weighted by Gasteiger charge is 2.46. The maximum Gasteiger partial charge on any atom is 0.325 e. The number of amides is 1. The number of rotatable bonds is 14. The van der Waals surface area contributed by atoms with Crippen LogP contribution in [0, 0.1) is 11.8 Å². The zero-order valence-electron chi connectivity index (χ0n) is 16.2. The second-order valence-corrected chi connectivity index (χ2v) is 6.97. The Balaban J connectivity index is 2.58. The summed E-state index contributed by atoms with van der Waals surface area (Å²) >= 11 is 0.